The molecule has 3 N–H and O–H groups in total. The highest BCUT2D eigenvalue weighted by Gasteiger charge is 2.37. The molecule has 3 rings (SSSR count). The molecule has 1 atom stereocenters. The van der Waals surface area contributed by atoms with Gasteiger partial charge in [-0.1, -0.05) is 30.3 Å². The summed E-state index contributed by atoms with van der Waals surface area (Å²) in [5, 5.41) is 17.1. The first-order valence-electron chi connectivity index (χ1n) is 12.6. The summed E-state index contributed by atoms with van der Waals surface area (Å²) in [7, 11) is 3.96. The Bertz CT molecular complexity index is 769. The predicted molar refractivity (Wildman–Crippen MR) is 132 cm³/mol. The normalized spacial score (nSPS) is 19.1. The van der Waals surface area contributed by atoms with E-state index in [-0.39, 0.29) is 17.5 Å². The van der Waals surface area contributed by atoms with Gasteiger partial charge in [0.05, 0.1) is 31.4 Å². The zero-order valence-electron chi connectivity index (χ0n) is 20.8. The summed E-state index contributed by atoms with van der Waals surface area (Å²) < 4.78 is 5.10. The monoisotopic (exact) mass is 474 g/mol. The Hall–Kier alpha value is -2.00. The lowest BCUT2D eigenvalue weighted by atomic mass is 9.79. The average molecular weight is 475 g/mol. The number of ether oxygens (including phenoxy) is 1. The molecule has 0 radical (unpaired) electrons. The number of nitrogens with one attached hydrogen (secondary N) is 2. The Morgan fingerprint density at radius 1 is 1.21 bits per heavy atom. The highest BCUT2D eigenvalue weighted by Crippen LogP contribution is 2.34. The minimum absolute atomic E-state index is 0.0479. The maximum Gasteiger partial charge on any atom is 0.234 e. The summed E-state index contributed by atoms with van der Waals surface area (Å²) in [6.45, 7) is 3.46. The van der Waals surface area contributed by atoms with E-state index in [4.69, 9.17) is 4.74 Å². The Balaban J connectivity index is 1.51. The molecule has 1 aliphatic carbocycles. The summed E-state index contributed by atoms with van der Waals surface area (Å²) in [6, 6.07) is 10.6. The van der Waals surface area contributed by atoms with E-state index in [0.29, 0.717) is 32.8 Å². The molecule has 1 aliphatic heterocycles. The van der Waals surface area contributed by atoms with Gasteiger partial charge in [-0.25, -0.2) is 0 Å². The molecule has 0 spiro atoms. The topological polar surface area (TPSA) is 94.1 Å². The number of nitrogens with zero attached hydrogens (tertiary/aromatic N) is 2. The number of benzene rings is 1. The van der Waals surface area contributed by atoms with Crippen molar-refractivity contribution in [3.63, 3.8) is 0 Å². The first-order valence-corrected chi connectivity index (χ1v) is 12.6. The van der Waals surface area contributed by atoms with E-state index in [1.165, 1.54) is 5.56 Å². The fourth-order valence-electron chi connectivity index (χ4n) is 4.91. The van der Waals surface area contributed by atoms with Gasteiger partial charge in [-0.2, -0.15) is 0 Å². The van der Waals surface area contributed by atoms with Crippen LogP contribution in [0.25, 0.3) is 0 Å². The lowest BCUT2D eigenvalue weighted by Gasteiger charge is -2.41. The Morgan fingerprint density at radius 3 is 2.50 bits per heavy atom. The van der Waals surface area contributed by atoms with Crippen molar-refractivity contribution in [2.24, 2.45) is 0 Å². The van der Waals surface area contributed by atoms with Crippen LogP contribution in [0.15, 0.2) is 30.3 Å². The van der Waals surface area contributed by atoms with Gasteiger partial charge in [-0.05, 0) is 71.1 Å². The van der Waals surface area contributed by atoms with Crippen molar-refractivity contribution < 1.29 is 19.4 Å². The number of carbonyl (C=O) groups excluding carboxylic acids is 2. The molecular weight excluding hydrogens is 432 g/mol. The first-order chi connectivity index (χ1) is 16.4. The van der Waals surface area contributed by atoms with E-state index in [1.807, 2.05) is 20.2 Å². The number of carbonyl (C=O) groups is 2. The number of hydrogen-bond donors (Lipinski definition) is 3. The third-order valence-corrected chi connectivity index (χ3v) is 7.37. The van der Waals surface area contributed by atoms with Crippen LogP contribution in [0.3, 0.4) is 0 Å². The van der Waals surface area contributed by atoms with Crippen LogP contribution in [0, 0.1) is 0 Å². The summed E-state index contributed by atoms with van der Waals surface area (Å²) in [5.41, 5.74) is 0.241. The molecule has 1 saturated heterocycles. The molecule has 0 aromatic heterocycles. The molecule has 190 valence electrons. The molecule has 2 aliphatic rings. The van der Waals surface area contributed by atoms with Crippen molar-refractivity contribution in [2.75, 3.05) is 53.5 Å². The standard InChI is InChI=1S/C26H42N4O4/c1-27-26(22-9-4-3-5-10-22,14-16-30(21-31)20-25(33)11-8-12-25)13-6-7-15-29(2)17-24(32)28-23-18-34-19-23/h3-5,9-10,21,23,27,33H,6-8,11-20H2,1-2H3,(H,28,32). The van der Waals surface area contributed by atoms with Gasteiger partial charge in [0.15, 0.2) is 0 Å². The summed E-state index contributed by atoms with van der Waals surface area (Å²) in [6.07, 6.45) is 7.09. The fraction of sp³-hybridized carbons (Fsp3) is 0.692. The average Bonchev–Trinajstić information content (AvgIpc) is 2.79. The van der Waals surface area contributed by atoms with Gasteiger partial charge in [0.1, 0.15) is 0 Å². The number of rotatable bonds is 16. The molecule has 8 nitrogen and oxygen atoms in total. The van der Waals surface area contributed by atoms with Gasteiger partial charge in [0.2, 0.25) is 12.3 Å². The van der Waals surface area contributed by atoms with Gasteiger partial charge in [-0.3, -0.25) is 14.5 Å². The van der Waals surface area contributed by atoms with Crippen LogP contribution in [-0.4, -0.2) is 92.4 Å². The molecule has 2 fully saturated rings. The quantitative estimate of drug-likeness (QED) is 0.248. The van der Waals surface area contributed by atoms with Crippen LogP contribution in [0.2, 0.25) is 0 Å². The number of aliphatic hydroxyl groups is 1. The molecule has 1 heterocycles. The van der Waals surface area contributed by atoms with Crippen LogP contribution in [0.4, 0.5) is 0 Å². The van der Waals surface area contributed by atoms with Crippen molar-refractivity contribution in [1.82, 2.24) is 20.4 Å². The Labute approximate surface area is 204 Å². The van der Waals surface area contributed by atoms with E-state index in [1.54, 1.807) is 4.90 Å². The highest BCUT2D eigenvalue weighted by molar-refractivity contribution is 5.78. The second kappa shape index (κ2) is 12.6. The van der Waals surface area contributed by atoms with Gasteiger partial charge >= 0.3 is 0 Å². The molecular formula is C26H42N4O4. The Morgan fingerprint density at radius 2 is 1.94 bits per heavy atom. The highest BCUT2D eigenvalue weighted by atomic mass is 16.5. The van der Waals surface area contributed by atoms with Gasteiger partial charge in [0.25, 0.3) is 0 Å². The summed E-state index contributed by atoms with van der Waals surface area (Å²) >= 11 is 0. The van der Waals surface area contributed by atoms with E-state index in [9.17, 15) is 14.7 Å². The van der Waals surface area contributed by atoms with E-state index in [0.717, 1.165) is 57.9 Å². The molecule has 34 heavy (non-hydrogen) atoms. The largest absolute Gasteiger partial charge is 0.388 e. The van der Waals surface area contributed by atoms with E-state index in [2.05, 4.69) is 39.8 Å². The Kier molecular flexibility index (Phi) is 9.88. The summed E-state index contributed by atoms with van der Waals surface area (Å²) in [4.78, 5) is 27.6. The molecule has 1 aromatic carbocycles. The van der Waals surface area contributed by atoms with Crippen molar-refractivity contribution in [3.8, 4) is 0 Å². The molecule has 1 aromatic rings. The van der Waals surface area contributed by atoms with E-state index < -0.39 is 5.60 Å². The van der Waals surface area contributed by atoms with Gasteiger partial charge in [0, 0.05) is 18.6 Å². The van der Waals surface area contributed by atoms with Crippen molar-refractivity contribution in [2.45, 2.75) is 62.1 Å². The van der Waals surface area contributed by atoms with Crippen LogP contribution in [-0.2, 0) is 19.9 Å². The van der Waals surface area contributed by atoms with Gasteiger partial charge in [-0.15, -0.1) is 0 Å². The minimum atomic E-state index is -0.710. The fourth-order valence-corrected chi connectivity index (χ4v) is 4.91. The molecule has 2 amide bonds. The molecule has 8 heteroatoms. The first kappa shape index (κ1) is 26.6. The molecule has 1 unspecified atom stereocenters. The van der Waals surface area contributed by atoms with Crippen LogP contribution in [0.1, 0.15) is 50.5 Å². The lowest BCUT2D eigenvalue weighted by molar-refractivity contribution is -0.126. The second-order valence-electron chi connectivity index (χ2n) is 10.1. The number of likely N-dealkylation sites (N-methyl/N-ethyl adjacent to an activating group) is 1. The SMILES string of the molecule is CNC(CCCCN(C)CC(=O)NC1COC1)(CCN(C=O)CC1(O)CCC1)c1ccccc1. The van der Waals surface area contributed by atoms with Crippen molar-refractivity contribution in [1.29, 1.82) is 0 Å². The van der Waals surface area contributed by atoms with Crippen LogP contribution >= 0.6 is 0 Å². The third-order valence-electron chi connectivity index (χ3n) is 7.37. The third kappa shape index (κ3) is 7.50. The van der Waals surface area contributed by atoms with Gasteiger partial charge < -0.3 is 25.4 Å². The zero-order chi connectivity index (χ0) is 24.4. The van der Waals surface area contributed by atoms with E-state index >= 15 is 0 Å². The maximum absolute atomic E-state index is 12.1. The van der Waals surface area contributed by atoms with Crippen LogP contribution < -0.4 is 10.6 Å². The zero-order valence-corrected chi connectivity index (χ0v) is 20.8. The number of amides is 2. The van der Waals surface area contributed by atoms with Crippen molar-refractivity contribution >= 4 is 12.3 Å². The smallest absolute Gasteiger partial charge is 0.234 e. The second-order valence-corrected chi connectivity index (χ2v) is 10.1. The minimum Gasteiger partial charge on any atom is -0.388 e. The van der Waals surface area contributed by atoms with Crippen LogP contribution in [0.5, 0.6) is 0 Å². The van der Waals surface area contributed by atoms with Crippen molar-refractivity contribution in [3.05, 3.63) is 35.9 Å². The summed E-state index contributed by atoms with van der Waals surface area (Å²) in [5.74, 6) is 0.0479. The number of unbranched alkanes of at least 4 members (excludes halogenated alkanes) is 1. The molecule has 1 saturated carbocycles. The lowest BCUT2D eigenvalue weighted by Crippen LogP contribution is -2.51. The maximum atomic E-state index is 12.1. The molecule has 0 bridgehead atoms. The number of hydrogen-bond acceptors (Lipinski definition) is 6. The predicted octanol–water partition coefficient (Wildman–Crippen LogP) is 1.48.